The number of nitrogens with zero attached hydrogens (tertiary/aromatic N) is 1. The zero-order valence-electron chi connectivity index (χ0n) is 9.52. The number of amides is 1. The molecule has 0 rings (SSSR count). The molecule has 0 fully saturated rings. The molecule has 15 heavy (non-hydrogen) atoms. The Hall–Kier alpha value is -0.130. The first-order chi connectivity index (χ1) is 7.17. The van der Waals surface area contributed by atoms with Crippen LogP contribution >= 0.6 is 21.6 Å². The summed E-state index contributed by atoms with van der Waals surface area (Å²) >= 11 is 0. The topological polar surface area (TPSA) is 40.5 Å². The lowest BCUT2D eigenvalue weighted by Gasteiger charge is -2.16. The van der Waals surface area contributed by atoms with E-state index in [0.717, 1.165) is 29.2 Å². The van der Waals surface area contributed by atoms with Crippen molar-refractivity contribution in [1.82, 2.24) is 4.90 Å². The summed E-state index contributed by atoms with van der Waals surface area (Å²) in [7, 11) is 5.15. The van der Waals surface area contributed by atoms with Crippen LogP contribution in [0.3, 0.4) is 0 Å². The van der Waals surface area contributed by atoms with Crippen LogP contribution in [-0.4, -0.2) is 35.8 Å². The largest absolute Gasteiger partial charge is 0.396 e. The molecule has 0 atom stereocenters. The molecule has 0 unspecified atom stereocenters. The van der Waals surface area contributed by atoms with E-state index in [1.807, 2.05) is 6.92 Å². The summed E-state index contributed by atoms with van der Waals surface area (Å²) in [5.41, 5.74) is 0.924. The van der Waals surface area contributed by atoms with Gasteiger partial charge in [-0.25, -0.2) is 0 Å². The number of aliphatic hydroxyl groups excluding tert-OH is 1. The van der Waals surface area contributed by atoms with Crippen LogP contribution < -0.4 is 0 Å². The van der Waals surface area contributed by atoms with Crippen LogP contribution in [-0.2, 0) is 4.79 Å². The Kier molecular flexibility index (Phi) is 9.04. The van der Waals surface area contributed by atoms with Gasteiger partial charge in [-0.2, -0.15) is 0 Å². The van der Waals surface area contributed by atoms with Crippen molar-refractivity contribution in [3.8, 4) is 0 Å². The normalized spacial score (nSPS) is 12.3. The van der Waals surface area contributed by atoms with Gasteiger partial charge in [0.2, 0.25) is 6.41 Å². The number of carbonyl (C=O) groups excluding carboxylic acids is 1. The maximum atomic E-state index is 10.6. The Labute approximate surface area is 99.7 Å². The van der Waals surface area contributed by atoms with Gasteiger partial charge in [0.25, 0.3) is 0 Å². The van der Waals surface area contributed by atoms with E-state index in [4.69, 9.17) is 5.11 Å². The molecule has 0 aliphatic carbocycles. The molecule has 0 aromatic heterocycles. The Morgan fingerprint density at radius 2 is 2.20 bits per heavy atom. The number of allylic oxidation sites excluding steroid dienone is 1. The second-order valence-electron chi connectivity index (χ2n) is 3.10. The van der Waals surface area contributed by atoms with E-state index in [0.29, 0.717) is 6.42 Å². The molecule has 0 saturated heterocycles. The van der Waals surface area contributed by atoms with Gasteiger partial charge < -0.3 is 10.0 Å². The van der Waals surface area contributed by atoms with Crippen LogP contribution in [0.1, 0.15) is 26.7 Å². The maximum Gasteiger partial charge on any atom is 0.213 e. The van der Waals surface area contributed by atoms with Gasteiger partial charge in [0, 0.05) is 36.4 Å². The molecule has 1 amide bonds. The first-order valence-corrected chi connectivity index (χ1v) is 7.27. The number of hydrogen-bond donors (Lipinski definition) is 1. The maximum absolute atomic E-state index is 10.6. The molecule has 0 aromatic carbocycles. The van der Waals surface area contributed by atoms with Gasteiger partial charge in [-0.3, -0.25) is 4.79 Å². The second kappa shape index (κ2) is 9.12. The lowest BCUT2D eigenvalue weighted by atomic mass is 10.3. The molecule has 0 spiro atoms. The molecule has 1 N–H and O–H groups in total. The lowest BCUT2D eigenvalue weighted by Crippen LogP contribution is -2.14. The summed E-state index contributed by atoms with van der Waals surface area (Å²) in [4.78, 5) is 13.2. The van der Waals surface area contributed by atoms with Crippen molar-refractivity contribution in [3.05, 3.63) is 10.6 Å². The van der Waals surface area contributed by atoms with Crippen molar-refractivity contribution in [2.24, 2.45) is 0 Å². The fourth-order valence-corrected chi connectivity index (χ4v) is 3.48. The SMILES string of the molecule is CCCSSC(CCO)=C(C)N(C)C=O. The van der Waals surface area contributed by atoms with E-state index < -0.39 is 0 Å². The van der Waals surface area contributed by atoms with E-state index in [-0.39, 0.29) is 6.61 Å². The molecular weight excluding hydrogens is 230 g/mol. The van der Waals surface area contributed by atoms with E-state index in [1.165, 1.54) is 0 Å². The van der Waals surface area contributed by atoms with Gasteiger partial charge in [-0.05, 0) is 13.3 Å². The zero-order chi connectivity index (χ0) is 11.7. The van der Waals surface area contributed by atoms with Crippen molar-refractivity contribution in [3.63, 3.8) is 0 Å². The summed E-state index contributed by atoms with van der Waals surface area (Å²) in [5, 5.41) is 8.93. The Balaban J connectivity index is 4.39. The smallest absolute Gasteiger partial charge is 0.213 e. The Bertz CT molecular complexity index is 219. The molecule has 88 valence electrons. The first kappa shape index (κ1) is 14.9. The van der Waals surface area contributed by atoms with Crippen molar-refractivity contribution in [1.29, 1.82) is 0 Å². The summed E-state index contributed by atoms with van der Waals surface area (Å²) < 4.78 is 0. The molecular formula is C10H19NO2S2. The summed E-state index contributed by atoms with van der Waals surface area (Å²) in [6, 6.07) is 0. The number of rotatable bonds is 8. The number of hydrogen-bond acceptors (Lipinski definition) is 4. The molecule has 5 heteroatoms. The average Bonchev–Trinajstić information content (AvgIpc) is 2.26. The van der Waals surface area contributed by atoms with Crippen molar-refractivity contribution in [2.45, 2.75) is 26.7 Å². The van der Waals surface area contributed by atoms with Crippen LogP contribution in [0.5, 0.6) is 0 Å². The van der Waals surface area contributed by atoms with Gasteiger partial charge in [0.05, 0.1) is 0 Å². The lowest BCUT2D eigenvalue weighted by molar-refractivity contribution is -0.115. The quantitative estimate of drug-likeness (QED) is 0.407. The van der Waals surface area contributed by atoms with E-state index in [9.17, 15) is 4.79 Å². The van der Waals surface area contributed by atoms with Gasteiger partial charge in [-0.15, -0.1) is 0 Å². The van der Waals surface area contributed by atoms with Gasteiger partial charge in [0.15, 0.2) is 0 Å². The predicted molar refractivity (Wildman–Crippen MR) is 68.6 cm³/mol. The van der Waals surface area contributed by atoms with Crippen molar-refractivity contribution in [2.75, 3.05) is 19.4 Å². The summed E-state index contributed by atoms with van der Waals surface area (Å²) in [5.74, 6) is 1.08. The first-order valence-electron chi connectivity index (χ1n) is 4.95. The predicted octanol–water partition coefficient (Wildman–Crippen LogP) is 2.48. The minimum Gasteiger partial charge on any atom is -0.396 e. The van der Waals surface area contributed by atoms with Crippen LogP contribution in [0.2, 0.25) is 0 Å². The molecule has 0 aliphatic rings. The highest BCUT2D eigenvalue weighted by atomic mass is 33.1. The Morgan fingerprint density at radius 3 is 2.67 bits per heavy atom. The molecule has 0 aromatic rings. The van der Waals surface area contributed by atoms with Crippen LogP contribution in [0.4, 0.5) is 0 Å². The highest BCUT2D eigenvalue weighted by molar-refractivity contribution is 8.78. The van der Waals surface area contributed by atoms with Gasteiger partial charge >= 0.3 is 0 Å². The molecule has 0 radical (unpaired) electrons. The zero-order valence-corrected chi connectivity index (χ0v) is 11.2. The summed E-state index contributed by atoms with van der Waals surface area (Å²) in [6.45, 7) is 4.16. The number of carbonyl (C=O) groups is 1. The second-order valence-corrected chi connectivity index (χ2v) is 5.61. The van der Waals surface area contributed by atoms with Crippen molar-refractivity contribution >= 4 is 28.0 Å². The van der Waals surface area contributed by atoms with E-state index >= 15 is 0 Å². The highest BCUT2D eigenvalue weighted by Crippen LogP contribution is 2.34. The minimum atomic E-state index is 0.124. The third-order valence-electron chi connectivity index (χ3n) is 1.88. The van der Waals surface area contributed by atoms with Crippen molar-refractivity contribution < 1.29 is 9.90 Å². The highest BCUT2D eigenvalue weighted by Gasteiger charge is 2.07. The monoisotopic (exact) mass is 249 g/mol. The molecule has 3 nitrogen and oxygen atoms in total. The Morgan fingerprint density at radius 1 is 1.53 bits per heavy atom. The number of aliphatic hydroxyl groups is 1. The van der Waals surface area contributed by atoms with E-state index in [1.54, 1.807) is 33.5 Å². The molecule has 0 heterocycles. The average molecular weight is 249 g/mol. The van der Waals surface area contributed by atoms with Crippen LogP contribution in [0, 0.1) is 0 Å². The molecule has 0 saturated carbocycles. The van der Waals surface area contributed by atoms with Gasteiger partial charge in [-0.1, -0.05) is 28.5 Å². The van der Waals surface area contributed by atoms with Crippen LogP contribution in [0.25, 0.3) is 0 Å². The minimum absolute atomic E-state index is 0.124. The fraction of sp³-hybridized carbons (Fsp3) is 0.700. The third kappa shape index (κ3) is 6.12. The van der Waals surface area contributed by atoms with Crippen LogP contribution in [0.15, 0.2) is 10.6 Å². The fourth-order valence-electron chi connectivity index (χ4n) is 0.856. The third-order valence-corrected chi connectivity index (χ3v) is 4.73. The molecule has 0 aliphatic heterocycles. The van der Waals surface area contributed by atoms with Gasteiger partial charge in [0.1, 0.15) is 0 Å². The molecule has 0 bridgehead atoms. The van der Waals surface area contributed by atoms with E-state index in [2.05, 4.69) is 6.92 Å². The standard InChI is InChI=1S/C10H19NO2S2/c1-4-7-14-15-10(5-6-12)9(2)11(3)8-13/h8,12H,4-7H2,1-3H3. The summed E-state index contributed by atoms with van der Waals surface area (Å²) in [6.07, 6.45) is 2.54.